The quantitative estimate of drug-likeness (QED) is 0.755. The molecule has 166 valence electrons. The van der Waals surface area contributed by atoms with E-state index in [0.717, 1.165) is 6.54 Å². The van der Waals surface area contributed by atoms with E-state index in [4.69, 9.17) is 0 Å². The van der Waals surface area contributed by atoms with Gasteiger partial charge in [-0.1, -0.05) is 12.1 Å². The Hall–Kier alpha value is -2.49. The van der Waals surface area contributed by atoms with E-state index in [1.807, 2.05) is 25.8 Å². The van der Waals surface area contributed by atoms with Crippen molar-refractivity contribution in [3.8, 4) is 5.75 Å². The molecule has 2 saturated heterocycles. The fraction of sp³-hybridized carbons (Fsp3) is 0.600. The van der Waals surface area contributed by atoms with Gasteiger partial charge in [-0.3, -0.25) is 9.69 Å². The second-order valence-electron chi connectivity index (χ2n) is 8.50. The lowest BCUT2D eigenvalue weighted by atomic mass is 9.78. The van der Waals surface area contributed by atoms with Crippen LogP contribution in [0.1, 0.15) is 25.8 Å². The molecule has 0 bridgehead atoms. The lowest BCUT2D eigenvalue weighted by molar-refractivity contribution is -0.274. The Labute approximate surface area is 173 Å². The maximum Gasteiger partial charge on any atom is 0.573 e. The normalized spacial score (nSPS) is 20.9. The molecule has 2 fully saturated rings. The molecule has 0 radical (unpaired) electrons. The number of nitrogens with zero attached hydrogens (tertiary/aromatic N) is 2. The lowest BCUT2D eigenvalue weighted by Gasteiger charge is -2.47. The van der Waals surface area contributed by atoms with Crippen LogP contribution in [0.3, 0.4) is 0 Å². The number of hydrogen-bond acceptors (Lipinski definition) is 4. The van der Waals surface area contributed by atoms with Crippen LogP contribution >= 0.6 is 0 Å². The first kappa shape index (κ1) is 22.2. The first-order chi connectivity index (χ1) is 14.0. The predicted molar refractivity (Wildman–Crippen MR) is 104 cm³/mol. The van der Waals surface area contributed by atoms with Crippen LogP contribution in [0.5, 0.6) is 5.75 Å². The van der Waals surface area contributed by atoms with Crippen LogP contribution in [0, 0.1) is 5.41 Å². The highest BCUT2D eigenvalue weighted by molar-refractivity contribution is 5.82. The van der Waals surface area contributed by atoms with Crippen molar-refractivity contribution in [3.05, 3.63) is 29.8 Å². The zero-order valence-electron chi connectivity index (χ0n) is 17.3. The van der Waals surface area contributed by atoms with Gasteiger partial charge >= 0.3 is 12.4 Å². The number of rotatable bonds is 5. The minimum atomic E-state index is -4.73. The summed E-state index contributed by atoms with van der Waals surface area (Å²) in [6.07, 6.45) is -4.02. The number of likely N-dealkylation sites (tertiary alicyclic amines) is 2. The number of hydrogen-bond donors (Lipinski definition) is 2. The average Bonchev–Trinajstić information content (AvgIpc) is 2.96. The summed E-state index contributed by atoms with van der Waals surface area (Å²) in [4.78, 5) is 28.5. The van der Waals surface area contributed by atoms with E-state index in [9.17, 15) is 22.8 Å². The molecule has 1 aromatic rings. The second-order valence-corrected chi connectivity index (χ2v) is 8.50. The smallest absolute Gasteiger partial charge is 0.406 e. The summed E-state index contributed by atoms with van der Waals surface area (Å²) in [5.41, 5.74) is 0.598. The molecule has 0 aliphatic carbocycles. The number of ether oxygens (including phenoxy) is 1. The molecule has 0 saturated carbocycles. The molecule has 1 atom stereocenters. The molecule has 1 unspecified atom stereocenters. The standard InChI is InChI=1S/C20H27F3N4O3/c1-13(2)25-17(28)16-8-19(10-26(16)3)11-27(12-19)18(29)24-9-14-4-6-15(7-5-14)30-20(21,22)23/h4-7,13,16H,8-12H2,1-3H3,(H,24,29)(H,25,28). The van der Waals surface area contributed by atoms with Crippen molar-refractivity contribution in [1.82, 2.24) is 20.4 Å². The van der Waals surface area contributed by atoms with E-state index in [1.165, 1.54) is 24.3 Å². The van der Waals surface area contributed by atoms with Crippen LogP contribution in [0.4, 0.5) is 18.0 Å². The van der Waals surface area contributed by atoms with Crippen molar-refractivity contribution < 1.29 is 27.5 Å². The number of benzene rings is 1. The maximum absolute atomic E-state index is 12.4. The summed E-state index contributed by atoms with van der Waals surface area (Å²) in [6, 6.07) is 5.05. The van der Waals surface area contributed by atoms with Crippen LogP contribution in [-0.4, -0.2) is 66.9 Å². The highest BCUT2D eigenvalue weighted by Crippen LogP contribution is 2.42. The van der Waals surface area contributed by atoms with E-state index < -0.39 is 6.36 Å². The average molecular weight is 428 g/mol. The summed E-state index contributed by atoms with van der Waals surface area (Å²) >= 11 is 0. The number of carbonyl (C=O) groups is 2. The Morgan fingerprint density at radius 3 is 2.40 bits per heavy atom. The SMILES string of the molecule is CC(C)NC(=O)C1CC2(CN(C(=O)NCc3ccc(OC(F)(F)F)cc3)C2)CN1C. The van der Waals surface area contributed by atoms with Crippen molar-refractivity contribution in [3.63, 3.8) is 0 Å². The highest BCUT2D eigenvalue weighted by Gasteiger charge is 2.53. The topological polar surface area (TPSA) is 73.9 Å². The van der Waals surface area contributed by atoms with Gasteiger partial charge < -0.3 is 20.3 Å². The fourth-order valence-corrected chi connectivity index (χ4v) is 4.18. The van der Waals surface area contributed by atoms with Gasteiger partial charge in [0, 0.05) is 37.6 Å². The molecule has 3 rings (SSSR count). The van der Waals surface area contributed by atoms with Gasteiger partial charge in [-0.25, -0.2) is 4.79 Å². The van der Waals surface area contributed by atoms with Gasteiger partial charge in [-0.2, -0.15) is 0 Å². The molecule has 2 aliphatic heterocycles. The van der Waals surface area contributed by atoms with Gasteiger partial charge in [0.25, 0.3) is 0 Å². The number of urea groups is 1. The predicted octanol–water partition coefficient (Wildman–Crippen LogP) is 2.33. The molecule has 0 aromatic heterocycles. The van der Waals surface area contributed by atoms with Crippen molar-refractivity contribution in [1.29, 1.82) is 0 Å². The van der Waals surface area contributed by atoms with E-state index in [2.05, 4.69) is 15.4 Å². The third-order valence-electron chi connectivity index (χ3n) is 5.42. The number of likely N-dealkylation sites (N-methyl/N-ethyl adjacent to an activating group) is 1. The van der Waals surface area contributed by atoms with Crippen molar-refractivity contribution >= 4 is 11.9 Å². The molecular weight excluding hydrogens is 401 g/mol. The molecule has 1 aromatic carbocycles. The molecular formula is C20H27F3N4O3. The molecule has 30 heavy (non-hydrogen) atoms. The van der Waals surface area contributed by atoms with E-state index in [0.29, 0.717) is 25.1 Å². The maximum atomic E-state index is 12.4. The minimum Gasteiger partial charge on any atom is -0.406 e. The zero-order chi connectivity index (χ0) is 22.1. The van der Waals surface area contributed by atoms with Crippen molar-refractivity contribution in [2.75, 3.05) is 26.7 Å². The third kappa shape index (κ3) is 5.35. The largest absolute Gasteiger partial charge is 0.573 e. The van der Waals surface area contributed by atoms with E-state index in [-0.39, 0.29) is 41.7 Å². The van der Waals surface area contributed by atoms with E-state index in [1.54, 1.807) is 4.90 Å². The van der Waals surface area contributed by atoms with Crippen LogP contribution in [-0.2, 0) is 11.3 Å². The number of amides is 3. The van der Waals surface area contributed by atoms with Crippen LogP contribution < -0.4 is 15.4 Å². The zero-order valence-corrected chi connectivity index (χ0v) is 17.3. The van der Waals surface area contributed by atoms with Gasteiger partial charge in [-0.15, -0.1) is 13.2 Å². The Kier molecular flexibility index (Phi) is 6.16. The summed E-state index contributed by atoms with van der Waals surface area (Å²) < 4.78 is 40.4. The second kappa shape index (κ2) is 8.33. The summed E-state index contributed by atoms with van der Waals surface area (Å²) in [5.74, 6) is -0.283. The first-order valence-corrected chi connectivity index (χ1v) is 9.84. The van der Waals surface area contributed by atoms with Crippen LogP contribution in [0.15, 0.2) is 24.3 Å². The Morgan fingerprint density at radius 2 is 1.83 bits per heavy atom. The molecule has 2 heterocycles. The summed E-state index contributed by atoms with van der Waals surface area (Å²) in [6.45, 7) is 5.96. The Balaban J connectivity index is 1.45. The highest BCUT2D eigenvalue weighted by atomic mass is 19.4. The first-order valence-electron chi connectivity index (χ1n) is 9.84. The van der Waals surface area contributed by atoms with Crippen molar-refractivity contribution in [2.45, 2.75) is 45.3 Å². The van der Waals surface area contributed by atoms with Gasteiger partial charge in [-0.05, 0) is 45.0 Å². The Bertz CT molecular complexity index is 776. The molecule has 1 spiro atoms. The Morgan fingerprint density at radius 1 is 1.20 bits per heavy atom. The van der Waals surface area contributed by atoms with Crippen molar-refractivity contribution in [2.24, 2.45) is 5.41 Å². The lowest BCUT2D eigenvalue weighted by Crippen LogP contribution is -2.61. The number of nitrogens with one attached hydrogen (secondary N) is 2. The van der Waals surface area contributed by atoms with Gasteiger partial charge in [0.2, 0.25) is 5.91 Å². The monoisotopic (exact) mass is 428 g/mol. The summed E-state index contributed by atoms with van der Waals surface area (Å²) in [7, 11) is 1.92. The van der Waals surface area contributed by atoms with Gasteiger partial charge in [0.15, 0.2) is 0 Å². The van der Waals surface area contributed by atoms with E-state index >= 15 is 0 Å². The molecule has 10 heteroatoms. The van der Waals surface area contributed by atoms with Crippen LogP contribution in [0.25, 0.3) is 0 Å². The third-order valence-corrected chi connectivity index (χ3v) is 5.42. The van der Waals surface area contributed by atoms with Crippen LogP contribution in [0.2, 0.25) is 0 Å². The number of carbonyl (C=O) groups excluding carboxylic acids is 2. The molecule has 2 aliphatic rings. The van der Waals surface area contributed by atoms with Gasteiger partial charge in [0.1, 0.15) is 5.75 Å². The molecule has 3 amide bonds. The minimum absolute atomic E-state index is 0.0187. The number of halogens is 3. The summed E-state index contributed by atoms with van der Waals surface area (Å²) in [5, 5.41) is 5.72. The molecule has 7 nitrogen and oxygen atoms in total. The number of alkyl halides is 3. The fourth-order valence-electron chi connectivity index (χ4n) is 4.18. The van der Waals surface area contributed by atoms with Gasteiger partial charge in [0.05, 0.1) is 6.04 Å². The molecule has 2 N–H and O–H groups in total.